The van der Waals surface area contributed by atoms with Crippen LogP contribution in [-0.2, 0) is 0 Å². The number of para-hydroxylation sites is 1. The number of unbranched alkanes of at least 4 members (excludes halogenated alkanes) is 5. The van der Waals surface area contributed by atoms with E-state index in [0.29, 0.717) is 5.56 Å². The van der Waals surface area contributed by atoms with E-state index in [9.17, 15) is 4.79 Å². The maximum absolute atomic E-state index is 12.7. The standard InChI is InChI=1S/C23H33N3OS2/c1-26(28-2)22-12-8-7-11-21(22)23(27)25-19-13-15-20(16-14-19)29-18-10-6-4-3-5-9-17-24/h7-8,11-16H,3-6,9-10,17-18,24H2,1-2H3,(H,25,27). The van der Waals surface area contributed by atoms with Gasteiger partial charge in [0.05, 0.1) is 11.3 Å². The zero-order valence-corrected chi connectivity index (χ0v) is 19.2. The van der Waals surface area contributed by atoms with Crippen molar-refractivity contribution in [3.8, 4) is 0 Å². The van der Waals surface area contributed by atoms with E-state index in [2.05, 4.69) is 17.4 Å². The van der Waals surface area contributed by atoms with Crippen molar-refractivity contribution in [2.24, 2.45) is 5.73 Å². The van der Waals surface area contributed by atoms with Gasteiger partial charge in [-0.25, -0.2) is 0 Å². The second-order valence-electron chi connectivity index (χ2n) is 6.93. The fourth-order valence-electron chi connectivity index (χ4n) is 3.02. The summed E-state index contributed by atoms with van der Waals surface area (Å²) in [6.45, 7) is 0.813. The average Bonchev–Trinajstić information content (AvgIpc) is 2.76. The lowest BCUT2D eigenvalue weighted by Crippen LogP contribution is -2.17. The summed E-state index contributed by atoms with van der Waals surface area (Å²) in [4.78, 5) is 14.0. The van der Waals surface area contributed by atoms with Gasteiger partial charge in [0.2, 0.25) is 0 Å². The molecule has 2 aromatic carbocycles. The molecule has 1 amide bonds. The molecular weight excluding hydrogens is 398 g/mol. The predicted molar refractivity (Wildman–Crippen MR) is 130 cm³/mol. The van der Waals surface area contributed by atoms with Gasteiger partial charge >= 0.3 is 0 Å². The van der Waals surface area contributed by atoms with Crippen molar-refractivity contribution in [3.63, 3.8) is 0 Å². The molecule has 0 aliphatic carbocycles. The lowest BCUT2D eigenvalue weighted by molar-refractivity contribution is 0.102. The number of thioether (sulfide) groups is 1. The molecule has 0 bridgehead atoms. The van der Waals surface area contributed by atoms with Crippen molar-refractivity contribution in [1.29, 1.82) is 0 Å². The quantitative estimate of drug-likeness (QED) is 0.230. The summed E-state index contributed by atoms with van der Waals surface area (Å²) in [5.41, 5.74) is 7.92. The number of nitrogens with zero attached hydrogens (tertiary/aromatic N) is 1. The zero-order chi connectivity index (χ0) is 20.9. The number of hydrogen-bond acceptors (Lipinski definition) is 5. The smallest absolute Gasteiger partial charge is 0.257 e. The van der Waals surface area contributed by atoms with Crippen LogP contribution in [0.2, 0.25) is 0 Å². The summed E-state index contributed by atoms with van der Waals surface area (Å²) in [5.74, 6) is 1.05. The van der Waals surface area contributed by atoms with Gasteiger partial charge in [-0.2, -0.15) is 0 Å². The molecule has 29 heavy (non-hydrogen) atoms. The molecule has 3 N–H and O–H groups in total. The van der Waals surface area contributed by atoms with Gasteiger partial charge in [0, 0.05) is 23.9 Å². The number of nitrogens with one attached hydrogen (secondary N) is 1. The van der Waals surface area contributed by atoms with Gasteiger partial charge in [-0.05, 0) is 61.5 Å². The van der Waals surface area contributed by atoms with Gasteiger partial charge in [-0.15, -0.1) is 11.8 Å². The maximum atomic E-state index is 12.7. The topological polar surface area (TPSA) is 58.4 Å². The van der Waals surface area contributed by atoms with Crippen LogP contribution in [0.1, 0.15) is 48.9 Å². The summed E-state index contributed by atoms with van der Waals surface area (Å²) >= 11 is 3.46. The van der Waals surface area contributed by atoms with Crippen LogP contribution >= 0.6 is 23.7 Å². The Bertz CT molecular complexity index is 737. The highest BCUT2D eigenvalue weighted by molar-refractivity contribution is 8.00. The number of benzene rings is 2. The van der Waals surface area contributed by atoms with Crippen LogP contribution in [0.4, 0.5) is 11.4 Å². The van der Waals surface area contributed by atoms with Gasteiger partial charge in [-0.1, -0.05) is 49.8 Å². The highest BCUT2D eigenvalue weighted by atomic mass is 32.2. The molecule has 0 aliphatic heterocycles. The minimum Gasteiger partial charge on any atom is -0.330 e. The van der Waals surface area contributed by atoms with Crippen LogP contribution in [0.3, 0.4) is 0 Å². The second kappa shape index (κ2) is 13.6. The molecule has 0 spiro atoms. The van der Waals surface area contributed by atoms with E-state index in [4.69, 9.17) is 5.73 Å². The van der Waals surface area contributed by atoms with Crippen molar-refractivity contribution in [2.75, 3.05) is 35.2 Å². The molecule has 0 atom stereocenters. The van der Waals surface area contributed by atoms with Gasteiger partial charge in [0.1, 0.15) is 0 Å². The Balaban J connectivity index is 1.78. The highest BCUT2D eigenvalue weighted by Gasteiger charge is 2.13. The molecular formula is C23H33N3OS2. The Labute approximate surface area is 184 Å². The van der Waals surface area contributed by atoms with Gasteiger partial charge in [0.25, 0.3) is 5.91 Å². The predicted octanol–water partition coefficient (Wildman–Crippen LogP) is 6.04. The third-order valence-corrected chi connectivity index (χ3v) is 6.58. The van der Waals surface area contributed by atoms with E-state index in [-0.39, 0.29) is 5.91 Å². The third kappa shape index (κ3) is 8.33. The van der Waals surface area contributed by atoms with Crippen molar-refractivity contribution >= 4 is 41.0 Å². The molecule has 6 heteroatoms. The first-order valence-corrected chi connectivity index (χ1v) is 12.4. The number of anilines is 2. The molecule has 158 valence electrons. The van der Waals surface area contributed by atoms with E-state index in [1.165, 1.54) is 37.0 Å². The van der Waals surface area contributed by atoms with Crippen molar-refractivity contribution in [1.82, 2.24) is 0 Å². The fourth-order valence-corrected chi connectivity index (χ4v) is 4.28. The van der Waals surface area contributed by atoms with E-state index >= 15 is 0 Å². The van der Waals surface area contributed by atoms with Crippen molar-refractivity contribution in [3.05, 3.63) is 54.1 Å². The average molecular weight is 432 g/mol. The molecule has 0 saturated heterocycles. The molecule has 0 heterocycles. The number of carbonyl (C=O) groups is 1. The Morgan fingerprint density at radius 2 is 1.62 bits per heavy atom. The number of hydrogen-bond donors (Lipinski definition) is 2. The van der Waals surface area contributed by atoms with Crippen LogP contribution in [0.15, 0.2) is 53.4 Å². The minimum absolute atomic E-state index is 0.0865. The Morgan fingerprint density at radius 3 is 2.31 bits per heavy atom. The molecule has 0 unspecified atom stereocenters. The first-order valence-electron chi connectivity index (χ1n) is 10.3. The Hall–Kier alpha value is -1.63. The lowest BCUT2D eigenvalue weighted by atomic mass is 10.1. The zero-order valence-electron chi connectivity index (χ0n) is 17.5. The Morgan fingerprint density at radius 1 is 0.966 bits per heavy atom. The van der Waals surface area contributed by atoms with Crippen LogP contribution in [0.25, 0.3) is 0 Å². The van der Waals surface area contributed by atoms with Gasteiger partial charge in [0.15, 0.2) is 0 Å². The summed E-state index contributed by atoms with van der Waals surface area (Å²) in [6.07, 6.45) is 9.53. The fraction of sp³-hybridized carbons (Fsp3) is 0.435. The molecule has 0 aromatic heterocycles. The number of amides is 1. The lowest BCUT2D eigenvalue weighted by Gasteiger charge is -2.19. The van der Waals surface area contributed by atoms with E-state index < -0.39 is 0 Å². The van der Waals surface area contributed by atoms with Crippen molar-refractivity contribution in [2.45, 2.75) is 43.4 Å². The molecule has 2 aromatic rings. The summed E-state index contributed by atoms with van der Waals surface area (Å²) in [6, 6.07) is 15.8. The van der Waals surface area contributed by atoms with Crippen LogP contribution in [-0.4, -0.2) is 31.5 Å². The molecule has 0 aliphatic rings. The number of nitrogens with two attached hydrogens (primary N) is 1. The summed E-state index contributed by atoms with van der Waals surface area (Å²) in [5, 5.41) is 3.01. The molecule has 0 radical (unpaired) electrons. The van der Waals surface area contributed by atoms with Gasteiger partial charge in [-0.3, -0.25) is 4.79 Å². The molecule has 0 fully saturated rings. The molecule has 2 rings (SSSR count). The number of carbonyl (C=O) groups excluding carboxylic acids is 1. The van der Waals surface area contributed by atoms with Crippen LogP contribution in [0.5, 0.6) is 0 Å². The number of rotatable bonds is 13. The third-order valence-electron chi connectivity index (χ3n) is 4.74. The van der Waals surface area contributed by atoms with E-state index in [0.717, 1.165) is 30.1 Å². The maximum Gasteiger partial charge on any atom is 0.257 e. The SMILES string of the molecule is CSN(C)c1ccccc1C(=O)Nc1ccc(SCCCCCCCCN)cc1. The first kappa shape index (κ1) is 23.6. The largest absolute Gasteiger partial charge is 0.330 e. The normalized spacial score (nSPS) is 10.7. The van der Waals surface area contributed by atoms with Gasteiger partial charge < -0.3 is 15.4 Å². The summed E-state index contributed by atoms with van der Waals surface area (Å²) in [7, 11) is 1.96. The molecule has 0 saturated carbocycles. The Kier molecular flexibility index (Phi) is 11.1. The second-order valence-corrected chi connectivity index (χ2v) is 9.02. The van der Waals surface area contributed by atoms with Crippen LogP contribution in [0, 0.1) is 0 Å². The molecule has 4 nitrogen and oxygen atoms in total. The minimum atomic E-state index is -0.0865. The first-order chi connectivity index (χ1) is 14.2. The van der Waals surface area contributed by atoms with E-state index in [1.54, 1.807) is 11.9 Å². The van der Waals surface area contributed by atoms with Crippen molar-refractivity contribution < 1.29 is 4.79 Å². The highest BCUT2D eigenvalue weighted by Crippen LogP contribution is 2.26. The summed E-state index contributed by atoms with van der Waals surface area (Å²) < 4.78 is 1.99. The van der Waals surface area contributed by atoms with Crippen LogP contribution < -0.4 is 15.4 Å². The van der Waals surface area contributed by atoms with E-state index in [1.807, 2.05) is 65.8 Å². The monoisotopic (exact) mass is 431 g/mol.